The van der Waals surface area contributed by atoms with Crippen molar-refractivity contribution in [1.82, 2.24) is 9.34 Å². The Morgan fingerprint density at radius 2 is 2.42 bits per heavy atom. The van der Waals surface area contributed by atoms with Gasteiger partial charge in [0.25, 0.3) is 0 Å². The summed E-state index contributed by atoms with van der Waals surface area (Å²) in [4.78, 5) is 0. The van der Waals surface area contributed by atoms with Gasteiger partial charge in [-0.25, -0.2) is 9.34 Å². The van der Waals surface area contributed by atoms with Crippen LogP contribution in [0.4, 0.5) is 0 Å². The lowest BCUT2D eigenvalue weighted by molar-refractivity contribution is 0.241. The minimum Gasteiger partial charge on any atom is -0.395 e. The van der Waals surface area contributed by atoms with E-state index in [1.807, 2.05) is 0 Å². The summed E-state index contributed by atoms with van der Waals surface area (Å²) in [5, 5.41) is 8.66. The van der Waals surface area contributed by atoms with E-state index in [2.05, 4.69) is 0 Å². The van der Waals surface area contributed by atoms with Crippen molar-refractivity contribution in [3.8, 4) is 0 Å². The van der Waals surface area contributed by atoms with Crippen LogP contribution in [-0.2, 0) is 9.09 Å². The topological polar surface area (TPSA) is 53.0 Å². The van der Waals surface area contributed by atoms with Crippen molar-refractivity contribution in [2.24, 2.45) is 0 Å². The van der Waals surface area contributed by atoms with E-state index in [0.717, 1.165) is 0 Å². The molecule has 0 saturated carbocycles. The van der Waals surface area contributed by atoms with Gasteiger partial charge in [0.15, 0.2) is 0 Å². The van der Waals surface area contributed by atoms with Gasteiger partial charge in [-0.05, 0) is 14.1 Å². The number of aliphatic hydroxyl groups excluding tert-OH is 1. The van der Waals surface area contributed by atoms with Crippen LogP contribution in [0.1, 0.15) is 0 Å². The quantitative estimate of drug-likeness (QED) is 0.640. The molecule has 1 aliphatic heterocycles. The minimum atomic E-state index is -2.76. The second kappa shape index (κ2) is 3.85. The average molecular weight is 194 g/mol. The van der Waals surface area contributed by atoms with Crippen molar-refractivity contribution >= 4 is 7.67 Å². The predicted octanol–water partition coefficient (Wildman–Crippen LogP) is -0.0194. The predicted molar refractivity (Wildman–Crippen MR) is 45.9 cm³/mol. The average Bonchev–Trinajstić information content (AvgIpc) is 2.34. The van der Waals surface area contributed by atoms with Gasteiger partial charge in [0.2, 0.25) is 0 Å². The summed E-state index contributed by atoms with van der Waals surface area (Å²) in [5.41, 5.74) is 0. The van der Waals surface area contributed by atoms with Gasteiger partial charge in [0, 0.05) is 13.1 Å². The summed E-state index contributed by atoms with van der Waals surface area (Å²) in [5.74, 6) is 0. The Morgan fingerprint density at radius 3 is 2.83 bits per heavy atom. The zero-order valence-electron chi connectivity index (χ0n) is 7.43. The monoisotopic (exact) mass is 194 g/mol. The standard InChI is InChI=1S/C6H15N2O3P/c1-7(3-5-9)12(10)8(2)4-6-11-12/h9H,3-6H2,1-2H3. The number of hydrogen-bond acceptors (Lipinski definition) is 3. The highest BCUT2D eigenvalue weighted by molar-refractivity contribution is 7.54. The molecule has 0 aromatic rings. The van der Waals surface area contributed by atoms with E-state index in [4.69, 9.17) is 9.63 Å². The van der Waals surface area contributed by atoms with Gasteiger partial charge >= 0.3 is 7.67 Å². The first-order valence-corrected chi connectivity index (χ1v) is 5.43. The van der Waals surface area contributed by atoms with Crippen LogP contribution in [0.3, 0.4) is 0 Å². The van der Waals surface area contributed by atoms with Crippen molar-refractivity contribution in [2.45, 2.75) is 0 Å². The lowest BCUT2D eigenvalue weighted by atomic mass is 10.7. The second-order valence-electron chi connectivity index (χ2n) is 2.81. The molecular weight excluding hydrogens is 179 g/mol. The molecule has 0 radical (unpaired) electrons. The molecule has 0 amide bonds. The third kappa shape index (κ3) is 1.70. The minimum absolute atomic E-state index is 0.00229. The van der Waals surface area contributed by atoms with Gasteiger partial charge < -0.3 is 9.63 Å². The van der Waals surface area contributed by atoms with E-state index in [0.29, 0.717) is 19.7 Å². The number of aliphatic hydroxyl groups is 1. The smallest absolute Gasteiger partial charge is 0.345 e. The van der Waals surface area contributed by atoms with E-state index >= 15 is 0 Å². The van der Waals surface area contributed by atoms with Crippen LogP contribution in [0.25, 0.3) is 0 Å². The van der Waals surface area contributed by atoms with Crippen LogP contribution in [0, 0.1) is 0 Å². The van der Waals surface area contributed by atoms with Crippen LogP contribution in [0.5, 0.6) is 0 Å². The van der Waals surface area contributed by atoms with E-state index in [1.165, 1.54) is 0 Å². The Hall–Kier alpha value is 0.0700. The van der Waals surface area contributed by atoms with Crippen molar-refractivity contribution in [3.63, 3.8) is 0 Å². The van der Waals surface area contributed by atoms with Gasteiger partial charge in [-0.3, -0.25) is 4.57 Å². The van der Waals surface area contributed by atoms with E-state index in [-0.39, 0.29) is 6.61 Å². The molecule has 1 heterocycles. The maximum Gasteiger partial charge on any atom is 0.345 e. The van der Waals surface area contributed by atoms with Crippen LogP contribution in [0.15, 0.2) is 0 Å². The van der Waals surface area contributed by atoms with Gasteiger partial charge in [-0.1, -0.05) is 0 Å². The number of hydrogen-bond donors (Lipinski definition) is 1. The second-order valence-corrected chi connectivity index (χ2v) is 5.41. The molecule has 0 spiro atoms. The fourth-order valence-corrected chi connectivity index (χ4v) is 3.06. The molecule has 1 N–H and O–H groups in total. The van der Waals surface area contributed by atoms with Crippen LogP contribution in [-0.4, -0.2) is 54.8 Å². The normalized spacial score (nSPS) is 31.7. The molecule has 12 heavy (non-hydrogen) atoms. The molecule has 6 heteroatoms. The SMILES string of the molecule is CN(CCO)P1(=O)OCCN1C. The van der Waals surface area contributed by atoms with Crippen LogP contribution in [0.2, 0.25) is 0 Å². The van der Waals surface area contributed by atoms with Crippen molar-refractivity contribution in [3.05, 3.63) is 0 Å². The summed E-state index contributed by atoms with van der Waals surface area (Å²) in [7, 11) is 0.697. The highest BCUT2D eigenvalue weighted by Gasteiger charge is 2.38. The van der Waals surface area contributed by atoms with E-state index in [9.17, 15) is 4.57 Å². The molecular formula is C6H15N2O3P. The zero-order chi connectivity index (χ0) is 9.19. The molecule has 1 fully saturated rings. The molecule has 72 valence electrons. The molecule has 0 aliphatic carbocycles. The largest absolute Gasteiger partial charge is 0.395 e. The first-order valence-electron chi connectivity index (χ1n) is 3.90. The first kappa shape index (κ1) is 10.2. The third-order valence-electron chi connectivity index (χ3n) is 1.96. The Labute approximate surface area is 72.5 Å². The Balaban J connectivity index is 2.63. The highest BCUT2D eigenvalue weighted by atomic mass is 31.2. The number of likely N-dealkylation sites (N-methyl/N-ethyl adjacent to an activating group) is 2. The Bertz CT molecular complexity index is 199. The van der Waals surface area contributed by atoms with Gasteiger partial charge in [-0.15, -0.1) is 0 Å². The number of nitrogens with zero attached hydrogens (tertiary/aromatic N) is 2. The van der Waals surface area contributed by atoms with Gasteiger partial charge in [-0.2, -0.15) is 0 Å². The van der Waals surface area contributed by atoms with Crippen molar-refractivity contribution in [1.29, 1.82) is 0 Å². The van der Waals surface area contributed by atoms with Crippen LogP contribution < -0.4 is 0 Å². The fourth-order valence-electron chi connectivity index (χ4n) is 1.15. The summed E-state index contributed by atoms with van der Waals surface area (Å²) in [6, 6.07) is 0. The van der Waals surface area contributed by atoms with Crippen molar-refractivity contribution < 1.29 is 14.2 Å². The zero-order valence-corrected chi connectivity index (χ0v) is 8.33. The first-order chi connectivity index (χ1) is 5.61. The van der Waals surface area contributed by atoms with Crippen molar-refractivity contribution in [2.75, 3.05) is 40.4 Å². The summed E-state index contributed by atoms with van der Waals surface area (Å²) in [6.07, 6.45) is 0. The third-order valence-corrected chi connectivity index (χ3v) is 4.61. The lowest BCUT2D eigenvalue weighted by Crippen LogP contribution is -2.25. The summed E-state index contributed by atoms with van der Waals surface area (Å²) < 4.78 is 20.4. The van der Waals surface area contributed by atoms with E-state index < -0.39 is 7.67 Å². The highest BCUT2D eigenvalue weighted by Crippen LogP contribution is 2.55. The van der Waals surface area contributed by atoms with Gasteiger partial charge in [0.05, 0.1) is 13.2 Å². The lowest BCUT2D eigenvalue weighted by Gasteiger charge is -2.26. The molecule has 0 aromatic heterocycles. The maximum atomic E-state index is 12.0. The Kier molecular flexibility index (Phi) is 3.26. The molecule has 1 rings (SSSR count). The molecule has 0 bridgehead atoms. The van der Waals surface area contributed by atoms with E-state index in [1.54, 1.807) is 23.4 Å². The molecule has 1 aliphatic rings. The summed E-state index contributed by atoms with van der Waals surface area (Å²) >= 11 is 0. The molecule has 1 atom stereocenters. The fraction of sp³-hybridized carbons (Fsp3) is 1.00. The maximum absolute atomic E-state index is 12.0. The Morgan fingerprint density at radius 1 is 1.75 bits per heavy atom. The molecule has 0 aromatic carbocycles. The number of rotatable bonds is 3. The van der Waals surface area contributed by atoms with Crippen LogP contribution >= 0.6 is 7.67 Å². The van der Waals surface area contributed by atoms with Gasteiger partial charge in [0.1, 0.15) is 0 Å². The summed E-state index contributed by atoms with van der Waals surface area (Å²) in [6.45, 7) is 1.57. The molecule has 1 saturated heterocycles. The molecule has 1 unspecified atom stereocenters. The molecule has 5 nitrogen and oxygen atoms in total.